The first kappa shape index (κ1) is 26.1. The number of anilines is 1. The van der Waals surface area contributed by atoms with Gasteiger partial charge in [0.05, 0.1) is 17.2 Å². The van der Waals surface area contributed by atoms with Crippen LogP contribution in [-0.4, -0.2) is 22.5 Å². The molecule has 1 aliphatic carbocycles. The van der Waals surface area contributed by atoms with Crippen LogP contribution in [0.1, 0.15) is 68.3 Å². The second-order valence-corrected chi connectivity index (χ2v) is 10.0. The lowest BCUT2D eigenvalue weighted by molar-refractivity contribution is -0.137. The van der Waals surface area contributed by atoms with Crippen molar-refractivity contribution in [3.63, 3.8) is 0 Å². The summed E-state index contributed by atoms with van der Waals surface area (Å²) in [6.45, 7) is 0. The Bertz CT molecular complexity index is 1470. The van der Waals surface area contributed by atoms with Crippen LogP contribution in [0.3, 0.4) is 0 Å². The van der Waals surface area contributed by atoms with Crippen molar-refractivity contribution in [3.05, 3.63) is 98.6 Å². The molecule has 1 atom stereocenters. The standard InChI is InChI=1S/C27H20ClF5N2O3/c28-20-3-2-16(29)11-18(20)23-22-19(25(37)35-23)6-13(12-26(38)4-1-5-26)7-21(22)34-24(36)14-8-15(27(31,32)33)10-17(30)9-14/h2-3,6-11,23,38H,1,4-5,12H2,(H,34,36)(H,35,37)/t23-/m1/s1. The van der Waals surface area contributed by atoms with E-state index in [4.69, 9.17) is 11.6 Å². The number of nitrogens with one attached hydrogen (secondary N) is 2. The molecule has 0 spiro atoms. The van der Waals surface area contributed by atoms with Gasteiger partial charge in [-0.05, 0) is 73.4 Å². The molecule has 3 aromatic rings. The summed E-state index contributed by atoms with van der Waals surface area (Å²) in [4.78, 5) is 26.0. The minimum atomic E-state index is -4.88. The first-order valence-electron chi connectivity index (χ1n) is 11.7. The summed E-state index contributed by atoms with van der Waals surface area (Å²) in [7, 11) is 0. The molecular formula is C27H20ClF5N2O3. The molecule has 0 saturated heterocycles. The van der Waals surface area contributed by atoms with Crippen LogP contribution in [0.25, 0.3) is 0 Å². The third-order valence-electron chi connectivity index (χ3n) is 6.87. The van der Waals surface area contributed by atoms with Crippen molar-refractivity contribution in [2.75, 3.05) is 5.32 Å². The van der Waals surface area contributed by atoms with Crippen LogP contribution in [0.2, 0.25) is 5.02 Å². The maximum atomic E-state index is 14.1. The number of rotatable bonds is 5. The number of benzene rings is 3. The molecule has 1 saturated carbocycles. The fourth-order valence-electron chi connectivity index (χ4n) is 4.89. The number of carbonyl (C=O) groups excluding carboxylic acids is 2. The Morgan fingerprint density at radius 3 is 2.47 bits per heavy atom. The summed E-state index contributed by atoms with van der Waals surface area (Å²) in [5, 5.41) is 16.0. The van der Waals surface area contributed by atoms with E-state index in [1.54, 1.807) is 6.07 Å². The van der Waals surface area contributed by atoms with Crippen LogP contribution in [0, 0.1) is 11.6 Å². The SMILES string of the molecule is O=C(Nc1cc(CC2(O)CCC2)cc2c1[C@@H](c1cc(F)ccc1Cl)NC2=O)c1cc(F)cc(C(F)(F)F)c1. The third kappa shape index (κ3) is 4.98. The molecule has 0 radical (unpaired) electrons. The first-order chi connectivity index (χ1) is 17.8. The molecule has 2 amide bonds. The normalized spacial score (nSPS) is 18.0. The van der Waals surface area contributed by atoms with Gasteiger partial charge in [-0.2, -0.15) is 13.2 Å². The van der Waals surface area contributed by atoms with Gasteiger partial charge in [0.25, 0.3) is 11.8 Å². The van der Waals surface area contributed by atoms with Gasteiger partial charge in [0.15, 0.2) is 0 Å². The number of hydrogen-bond acceptors (Lipinski definition) is 3. The second-order valence-electron chi connectivity index (χ2n) is 9.61. The van der Waals surface area contributed by atoms with E-state index in [1.165, 1.54) is 12.1 Å². The summed E-state index contributed by atoms with van der Waals surface area (Å²) in [5.41, 5.74) is -1.84. The highest BCUT2D eigenvalue weighted by Gasteiger charge is 2.38. The maximum Gasteiger partial charge on any atom is 0.416 e. The highest BCUT2D eigenvalue weighted by molar-refractivity contribution is 6.31. The lowest BCUT2D eigenvalue weighted by atomic mass is 9.75. The topological polar surface area (TPSA) is 78.4 Å². The molecule has 1 aliphatic heterocycles. The molecule has 5 nitrogen and oxygen atoms in total. The molecule has 1 fully saturated rings. The number of carbonyl (C=O) groups is 2. The molecule has 3 N–H and O–H groups in total. The number of amides is 2. The van der Waals surface area contributed by atoms with Crippen molar-refractivity contribution in [2.24, 2.45) is 0 Å². The van der Waals surface area contributed by atoms with E-state index in [0.29, 0.717) is 30.5 Å². The van der Waals surface area contributed by atoms with Gasteiger partial charge in [-0.1, -0.05) is 11.6 Å². The molecule has 5 rings (SSSR count). The van der Waals surface area contributed by atoms with Crippen LogP contribution in [-0.2, 0) is 12.6 Å². The molecule has 2 aliphatic rings. The highest BCUT2D eigenvalue weighted by atomic mass is 35.5. The summed E-state index contributed by atoms with van der Waals surface area (Å²) in [6, 6.07) is 7.08. The predicted octanol–water partition coefficient (Wildman–Crippen LogP) is 6.18. The lowest BCUT2D eigenvalue weighted by Crippen LogP contribution is -2.39. The maximum absolute atomic E-state index is 14.1. The van der Waals surface area contributed by atoms with Gasteiger partial charge in [0, 0.05) is 39.4 Å². The van der Waals surface area contributed by atoms with Crippen LogP contribution in [0.15, 0.2) is 48.5 Å². The summed E-state index contributed by atoms with van der Waals surface area (Å²) < 4.78 is 67.7. The van der Waals surface area contributed by atoms with E-state index < -0.39 is 52.4 Å². The quantitative estimate of drug-likeness (QED) is 0.332. The fourth-order valence-corrected chi connectivity index (χ4v) is 5.11. The Morgan fingerprint density at radius 2 is 1.82 bits per heavy atom. The van der Waals surface area contributed by atoms with Gasteiger partial charge < -0.3 is 15.7 Å². The van der Waals surface area contributed by atoms with Crippen LogP contribution >= 0.6 is 11.6 Å². The number of alkyl halides is 3. The van der Waals surface area contributed by atoms with E-state index in [0.717, 1.165) is 18.6 Å². The van der Waals surface area contributed by atoms with Gasteiger partial charge in [-0.3, -0.25) is 9.59 Å². The Hall–Kier alpha value is -3.50. The zero-order valence-corrected chi connectivity index (χ0v) is 20.3. The predicted molar refractivity (Wildman–Crippen MR) is 129 cm³/mol. The Kier molecular flexibility index (Phi) is 6.43. The van der Waals surface area contributed by atoms with Gasteiger partial charge in [-0.15, -0.1) is 0 Å². The van der Waals surface area contributed by atoms with Gasteiger partial charge >= 0.3 is 6.18 Å². The second kappa shape index (κ2) is 9.36. The Morgan fingerprint density at radius 1 is 1.08 bits per heavy atom. The fraction of sp³-hybridized carbons (Fsp3) is 0.259. The summed E-state index contributed by atoms with van der Waals surface area (Å²) >= 11 is 6.28. The van der Waals surface area contributed by atoms with E-state index >= 15 is 0 Å². The molecule has 3 aromatic carbocycles. The smallest absolute Gasteiger partial charge is 0.390 e. The van der Waals surface area contributed by atoms with Gasteiger partial charge in [0.1, 0.15) is 11.6 Å². The zero-order valence-electron chi connectivity index (χ0n) is 19.6. The van der Waals surface area contributed by atoms with Crippen molar-refractivity contribution >= 4 is 29.1 Å². The zero-order chi connectivity index (χ0) is 27.4. The minimum Gasteiger partial charge on any atom is -0.390 e. The van der Waals surface area contributed by atoms with Crippen LogP contribution < -0.4 is 10.6 Å². The Balaban J connectivity index is 1.60. The molecular weight excluding hydrogens is 531 g/mol. The van der Waals surface area contributed by atoms with Crippen molar-refractivity contribution in [2.45, 2.75) is 43.5 Å². The largest absolute Gasteiger partial charge is 0.416 e. The van der Waals surface area contributed by atoms with E-state index in [9.17, 15) is 36.6 Å². The molecule has 198 valence electrons. The average molecular weight is 551 g/mol. The first-order valence-corrected chi connectivity index (χ1v) is 12.0. The van der Waals surface area contributed by atoms with Crippen LogP contribution in [0.5, 0.6) is 0 Å². The number of aliphatic hydroxyl groups is 1. The molecule has 1 heterocycles. The monoisotopic (exact) mass is 550 g/mol. The summed E-state index contributed by atoms with van der Waals surface area (Å²) in [5.74, 6) is -3.48. The minimum absolute atomic E-state index is 0.0342. The van der Waals surface area contributed by atoms with E-state index in [1.807, 2.05) is 0 Å². The number of halogens is 6. The van der Waals surface area contributed by atoms with Crippen LogP contribution in [0.4, 0.5) is 27.6 Å². The Labute approximate surface area is 218 Å². The van der Waals surface area contributed by atoms with Gasteiger partial charge in [-0.25, -0.2) is 8.78 Å². The molecule has 0 aromatic heterocycles. The molecule has 38 heavy (non-hydrogen) atoms. The highest BCUT2D eigenvalue weighted by Crippen LogP contribution is 2.42. The molecule has 11 heteroatoms. The van der Waals surface area contributed by atoms with Crippen molar-refractivity contribution in [1.29, 1.82) is 0 Å². The number of fused-ring (bicyclic) bond motifs is 1. The van der Waals surface area contributed by atoms with Crippen molar-refractivity contribution in [3.8, 4) is 0 Å². The van der Waals surface area contributed by atoms with E-state index in [-0.39, 0.29) is 39.9 Å². The molecule has 0 bridgehead atoms. The lowest BCUT2D eigenvalue weighted by Gasteiger charge is -2.37. The average Bonchev–Trinajstić information content (AvgIpc) is 3.15. The summed E-state index contributed by atoms with van der Waals surface area (Å²) in [6.07, 6.45) is -2.80. The van der Waals surface area contributed by atoms with Crippen molar-refractivity contribution < 1.29 is 36.6 Å². The number of hydrogen-bond donors (Lipinski definition) is 3. The van der Waals surface area contributed by atoms with Crippen molar-refractivity contribution in [1.82, 2.24) is 5.32 Å². The van der Waals surface area contributed by atoms with Gasteiger partial charge in [0.2, 0.25) is 0 Å². The molecule has 0 unspecified atom stereocenters. The van der Waals surface area contributed by atoms with E-state index in [2.05, 4.69) is 10.6 Å². The third-order valence-corrected chi connectivity index (χ3v) is 7.21.